The Balaban J connectivity index is 1.57. The van der Waals surface area contributed by atoms with Crippen LogP contribution in [0.25, 0.3) is 33.6 Å². The summed E-state index contributed by atoms with van der Waals surface area (Å²) >= 11 is 0. The fourth-order valence-corrected chi connectivity index (χ4v) is 5.07. The minimum absolute atomic E-state index is 0.219. The molecule has 0 aliphatic heterocycles. The maximum atomic E-state index is 13.6. The zero-order valence-electron chi connectivity index (χ0n) is 23.6. The van der Waals surface area contributed by atoms with Gasteiger partial charge < -0.3 is 24.9 Å². The quantitative estimate of drug-likeness (QED) is 0.279. The lowest BCUT2D eigenvalue weighted by Crippen LogP contribution is -2.52. The number of rotatable bonds is 7. The number of anilines is 1. The summed E-state index contributed by atoms with van der Waals surface area (Å²) in [5.41, 5.74) is 2.20. The van der Waals surface area contributed by atoms with E-state index in [0.29, 0.717) is 22.7 Å². The molecular formula is C31H36N4O5. The molecule has 1 saturated carbocycles. The fraction of sp³-hybridized carbons (Fsp3) is 0.387. The second-order valence-corrected chi connectivity index (χ2v) is 11.5. The summed E-state index contributed by atoms with van der Waals surface area (Å²) in [4.78, 5) is 30.8. The van der Waals surface area contributed by atoms with Gasteiger partial charge in [0.25, 0.3) is 5.56 Å². The van der Waals surface area contributed by atoms with Gasteiger partial charge in [-0.1, -0.05) is 54.6 Å². The first-order valence-corrected chi connectivity index (χ1v) is 13.6. The summed E-state index contributed by atoms with van der Waals surface area (Å²) in [6.45, 7) is 7.44. The number of ether oxygens (including phenoxy) is 1. The van der Waals surface area contributed by atoms with E-state index in [0.717, 1.165) is 36.0 Å². The summed E-state index contributed by atoms with van der Waals surface area (Å²) in [5.74, 6) is 0.849. The molecule has 0 bridgehead atoms. The fourth-order valence-electron chi connectivity index (χ4n) is 5.07. The Bertz CT molecular complexity index is 1580. The Hall–Kier alpha value is -4.11. The topological polar surface area (TPSA) is 119 Å². The van der Waals surface area contributed by atoms with E-state index in [1.807, 2.05) is 75.4 Å². The van der Waals surface area contributed by atoms with Crippen molar-refractivity contribution in [2.24, 2.45) is 7.05 Å². The van der Waals surface area contributed by atoms with Gasteiger partial charge in [0, 0.05) is 24.7 Å². The Morgan fingerprint density at radius 2 is 1.80 bits per heavy atom. The van der Waals surface area contributed by atoms with Gasteiger partial charge in [0.1, 0.15) is 16.7 Å². The Kier molecular flexibility index (Phi) is 7.18. The molecule has 5 rings (SSSR count). The summed E-state index contributed by atoms with van der Waals surface area (Å²) in [7, 11) is 1.64. The lowest BCUT2D eigenvalue weighted by Gasteiger charge is -2.43. The van der Waals surface area contributed by atoms with Crippen LogP contribution in [0.3, 0.4) is 0 Å². The van der Waals surface area contributed by atoms with Crippen molar-refractivity contribution in [2.45, 2.75) is 64.2 Å². The third-order valence-electron chi connectivity index (χ3n) is 7.20. The second-order valence-electron chi connectivity index (χ2n) is 11.5. The Morgan fingerprint density at radius 3 is 2.38 bits per heavy atom. The summed E-state index contributed by atoms with van der Waals surface area (Å²) in [6.07, 6.45) is 1.63. The summed E-state index contributed by atoms with van der Waals surface area (Å²) < 4.78 is 13.2. The maximum Gasteiger partial charge on any atom is 0.408 e. The molecule has 2 aromatic heterocycles. The van der Waals surface area contributed by atoms with Gasteiger partial charge in [0.2, 0.25) is 11.7 Å². The number of carbonyl (C=O) groups excluding carboxylic acids is 1. The van der Waals surface area contributed by atoms with Crippen LogP contribution in [-0.2, 0) is 17.3 Å². The van der Waals surface area contributed by atoms with Crippen LogP contribution in [0.5, 0.6) is 0 Å². The molecule has 3 N–H and O–H groups in total. The largest absolute Gasteiger partial charge is 0.444 e. The normalized spacial score (nSPS) is 15.3. The van der Waals surface area contributed by atoms with Crippen LogP contribution >= 0.6 is 0 Å². The molecule has 9 heteroatoms. The van der Waals surface area contributed by atoms with Gasteiger partial charge in [-0.05, 0) is 58.1 Å². The SMILES string of the molecule is C[C@@H](O)CNc1nc2oc(-c3ccc(C4(NC(=O)OC(C)(C)C)CCC4)cc3)c(-c3ccccc3)c2c(=O)n1C. The van der Waals surface area contributed by atoms with Crippen LogP contribution in [-0.4, -0.2) is 39.0 Å². The number of aliphatic hydroxyl groups is 1. The third kappa shape index (κ3) is 5.34. The number of hydrogen-bond donors (Lipinski definition) is 3. The minimum Gasteiger partial charge on any atom is -0.444 e. The highest BCUT2D eigenvalue weighted by Crippen LogP contribution is 2.43. The highest BCUT2D eigenvalue weighted by molar-refractivity contribution is 6.00. The van der Waals surface area contributed by atoms with Crippen molar-refractivity contribution in [1.29, 1.82) is 0 Å². The molecule has 0 unspecified atom stereocenters. The molecule has 1 aliphatic rings. The number of aliphatic hydroxyl groups excluding tert-OH is 1. The number of nitrogens with zero attached hydrogens (tertiary/aromatic N) is 2. The number of furan rings is 1. The predicted molar refractivity (Wildman–Crippen MR) is 155 cm³/mol. The van der Waals surface area contributed by atoms with E-state index < -0.39 is 23.3 Å². The monoisotopic (exact) mass is 544 g/mol. The lowest BCUT2D eigenvalue weighted by molar-refractivity contribution is 0.0377. The van der Waals surface area contributed by atoms with Crippen LogP contribution in [0, 0.1) is 0 Å². The van der Waals surface area contributed by atoms with E-state index in [9.17, 15) is 14.7 Å². The molecule has 1 fully saturated rings. The first-order valence-electron chi connectivity index (χ1n) is 13.6. The molecule has 0 radical (unpaired) electrons. The number of alkyl carbamates (subject to hydrolysis) is 1. The molecule has 1 atom stereocenters. The van der Waals surface area contributed by atoms with Crippen LogP contribution in [0.1, 0.15) is 52.5 Å². The highest BCUT2D eigenvalue weighted by Gasteiger charge is 2.41. The maximum absolute atomic E-state index is 13.6. The molecule has 0 saturated heterocycles. The number of fused-ring (bicyclic) bond motifs is 1. The van der Waals surface area contributed by atoms with Crippen molar-refractivity contribution in [2.75, 3.05) is 11.9 Å². The summed E-state index contributed by atoms with van der Waals surface area (Å²) in [5, 5.41) is 16.2. The summed E-state index contributed by atoms with van der Waals surface area (Å²) in [6, 6.07) is 17.5. The molecule has 210 valence electrons. The van der Waals surface area contributed by atoms with E-state index in [-0.39, 0.29) is 17.8 Å². The first-order chi connectivity index (χ1) is 19.0. The van der Waals surface area contributed by atoms with Crippen molar-refractivity contribution in [3.05, 3.63) is 70.5 Å². The zero-order chi connectivity index (χ0) is 28.7. The van der Waals surface area contributed by atoms with Gasteiger partial charge in [0.15, 0.2) is 0 Å². The van der Waals surface area contributed by atoms with Crippen molar-refractivity contribution in [3.8, 4) is 22.5 Å². The number of benzene rings is 2. The lowest BCUT2D eigenvalue weighted by atomic mass is 9.71. The molecule has 4 aromatic rings. The number of carbonyl (C=O) groups is 1. The van der Waals surface area contributed by atoms with Crippen molar-refractivity contribution < 1.29 is 19.1 Å². The Morgan fingerprint density at radius 1 is 1.12 bits per heavy atom. The first kappa shape index (κ1) is 27.5. The molecule has 0 spiro atoms. The number of hydrogen-bond acceptors (Lipinski definition) is 7. The molecule has 9 nitrogen and oxygen atoms in total. The van der Waals surface area contributed by atoms with Crippen LogP contribution < -0.4 is 16.2 Å². The molecule has 1 amide bonds. The van der Waals surface area contributed by atoms with Gasteiger partial charge in [-0.3, -0.25) is 9.36 Å². The molecule has 1 aliphatic carbocycles. The van der Waals surface area contributed by atoms with E-state index in [1.165, 1.54) is 4.57 Å². The average molecular weight is 545 g/mol. The van der Waals surface area contributed by atoms with E-state index in [1.54, 1.807) is 14.0 Å². The second kappa shape index (κ2) is 10.5. The van der Waals surface area contributed by atoms with Crippen molar-refractivity contribution in [1.82, 2.24) is 14.9 Å². The van der Waals surface area contributed by atoms with Crippen molar-refractivity contribution >= 4 is 23.1 Å². The smallest absolute Gasteiger partial charge is 0.408 e. The van der Waals surface area contributed by atoms with E-state index in [4.69, 9.17) is 9.15 Å². The number of aromatic nitrogens is 2. The average Bonchev–Trinajstić information content (AvgIpc) is 3.26. The van der Waals surface area contributed by atoms with Gasteiger partial charge in [-0.15, -0.1) is 0 Å². The minimum atomic E-state index is -0.609. The van der Waals surface area contributed by atoms with E-state index >= 15 is 0 Å². The molecule has 2 aromatic carbocycles. The standard InChI is InChI=1S/C31H36N4O5/c1-19(36)18-32-28-33-26-24(27(37)35(28)5)23(20-10-7-6-8-11-20)25(39-26)21-12-14-22(15-13-21)31(16-9-17-31)34-29(38)40-30(2,3)4/h6-8,10-15,19,36H,9,16-18H2,1-5H3,(H,32,33)(H,34,38)/t19-/m1/s1. The van der Waals surface area contributed by atoms with Crippen LogP contribution in [0.2, 0.25) is 0 Å². The molecular weight excluding hydrogens is 508 g/mol. The van der Waals surface area contributed by atoms with Crippen LogP contribution in [0.15, 0.2) is 63.8 Å². The number of amides is 1. The molecule has 2 heterocycles. The van der Waals surface area contributed by atoms with Gasteiger partial charge in [-0.25, -0.2) is 4.79 Å². The van der Waals surface area contributed by atoms with Gasteiger partial charge >= 0.3 is 6.09 Å². The van der Waals surface area contributed by atoms with Gasteiger partial charge in [0.05, 0.1) is 11.6 Å². The third-order valence-corrected chi connectivity index (χ3v) is 7.20. The van der Waals surface area contributed by atoms with E-state index in [2.05, 4.69) is 15.6 Å². The highest BCUT2D eigenvalue weighted by atomic mass is 16.6. The number of nitrogens with one attached hydrogen (secondary N) is 2. The van der Waals surface area contributed by atoms with Crippen LogP contribution in [0.4, 0.5) is 10.7 Å². The molecule has 40 heavy (non-hydrogen) atoms. The van der Waals surface area contributed by atoms with Gasteiger partial charge in [-0.2, -0.15) is 4.98 Å². The van der Waals surface area contributed by atoms with Crippen molar-refractivity contribution in [3.63, 3.8) is 0 Å². The zero-order valence-corrected chi connectivity index (χ0v) is 23.6. The Labute approximate surface area is 233 Å². The predicted octanol–water partition coefficient (Wildman–Crippen LogP) is 5.56.